The Hall–Kier alpha value is -0.340. The summed E-state index contributed by atoms with van der Waals surface area (Å²) in [5.41, 5.74) is 0. The third-order valence-electron chi connectivity index (χ3n) is 2.87. The van der Waals surface area contributed by atoms with Crippen LogP contribution in [0.3, 0.4) is 0 Å². The van der Waals surface area contributed by atoms with E-state index >= 15 is 0 Å². The van der Waals surface area contributed by atoms with Crippen molar-refractivity contribution in [3.05, 3.63) is 22.4 Å². The normalized spacial score (nSPS) is 11.0. The number of rotatable bonds is 10. The van der Waals surface area contributed by atoms with E-state index < -0.39 is 0 Å². The molecule has 0 bridgehead atoms. The molecule has 2 N–H and O–H groups in total. The Bertz CT molecular complexity index is 358. The summed E-state index contributed by atoms with van der Waals surface area (Å²) in [5.74, 6) is 0.870. The molecule has 4 nitrogen and oxygen atoms in total. The van der Waals surface area contributed by atoms with Crippen molar-refractivity contribution in [3.8, 4) is 0 Å². The fraction of sp³-hybridized carbons (Fsp3) is 0.667. The van der Waals surface area contributed by atoms with Gasteiger partial charge in [0.05, 0.1) is 0 Å². The van der Waals surface area contributed by atoms with Gasteiger partial charge in [-0.15, -0.1) is 35.3 Å². The van der Waals surface area contributed by atoms with Gasteiger partial charge in [-0.25, -0.2) is 0 Å². The van der Waals surface area contributed by atoms with Crippen molar-refractivity contribution >= 4 is 41.3 Å². The quantitative estimate of drug-likeness (QED) is 0.262. The molecule has 0 aromatic carbocycles. The minimum Gasteiger partial charge on any atom is -0.381 e. The molecule has 1 rings (SSSR count). The highest BCUT2D eigenvalue weighted by molar-refractivity contribution is 14.0. The third kappa shape index (κ3) is 11.0. The lowest BCUT2D eigenvalue weighted by atomic mass is 10.3. The van der Waals surface area contributed by atoms with Crippen molar-refractivity contribution in [2.24, 2.45) is 4.99 Å². The first-order valence-corrected chi connectivity index (χ1v) is 8.29. The Kier molecular flexibility index (Phi) is 14.4. The van der Waals surface area contributed by atoms with Crippen LogP contribution in [-0.4, -0.2) is 39.3 Å². The molecular weight excluding hydrogens is 397 g/mol. The molecule has 21 heavy (non-hydrogen) atoms. The molecule has 122 valence electrons. The van der Waals surface area contributed by atoms with E-state index in [0.29, 0.717) is 0 Å². The summed E-state index contributed by atoms with van der Waals surface area (Å²) in [6, 6.07) is 4.25. The number of hydrogen-bond acceptors (Lipinski definition) is 3. The van der Waals surface area contributed by atoms with Crippen LogP contribution < -0.4 is 10.6 Å². The topological polar surface area (TPSA) is 45.6 Å². The average molecular weight is 425 g/mol. The molecule has 0 spiro atoms. The Morgan fingerprint density at radius 3 is 2.67 bits per heavy atom. The van der Waals surface area contributed by atoms with Crippen LogP contribution in [0.5, 0.6) is 0 Å². The zero-order chi connectivity index (χ0) is 14.5. The largest absolute Gasteiger partial charge is 0.381 e. The van der Waals surface area contributed by atoms with Crippen LogP contribution in [0.4, 0.5) is 0 Å². The maximum atomic E-state index is 5.52. The van der Waals surface area contributed by atoms with Crippen molar-refractivity contribution < 1.29 is 4.74 Å². The summed E-state index contributed by atoms with van der Waals surface area (Å²) in [4.78, 5) is 5.61. The zero-order valence-corrected chi connectivity index (χ0v) is 16.2. The summed E-state index contributed by atoms with van der Waals surface area (Å²) < 4.78 is 5.52. The molecule has 0 unspecified atom stereocenters. The lowest BCUT2D eigenvalue weighted by Crippen LogP contribution is -2.38. The van der Waals surface area contributed by atoms with Gasteiger partial charge in [0.1, 0.15) is 0 Å². The lowest BCUT2D eigenvalue weighted by Gasteiger charge is -2.11. The predicted octanol–water partition coefficient (Wildman–Crippen LogP) is 3.28. The van der Waals surface area contributed by atoms with Crippen molar-refractivity contribution in [1.29, 1.82) is 0 Å². The van der Waals surface area contributed by atoms with E-state index in [1.165, 1.54) is 11.3 Å². The van der Waals surface area contributed by atoms with Crippen LogP contribution in [0.2, 0.25) is 0 Å². The molecule has 0 aliphatic heterocycles. The minimum atomic E-state index is 0. The maximum absolute atomic E-state index is 5.52. The van der Waals surface area contributed by atoms with Gasteiger partial charge < -0.3 is 15.4 Å². The number of guanidine groups is 1. The van der Waals surface area contributed by atoms with Gasteiger partial charge in [-0.05, 0) is 30.7 Å². The molecule has 1 heterocycles. The summed E-state index contributed by atoms with van der Waals surface area (Å²) in [7, 11) is 1.80. The van der Waals surface area contributed by atoms with E-state index in [2.05, 4.69) is 40.1 Å². The SMILES string of the molecule is CCCCOCCCNC(=NC)NCCc1cccs1.I. The van der Waals surface area contributed by atoms with Gasteiger partial charge in [0, 0.05) is 38.2 Å². The van der Waals surface area contributed by atoms with Crippen molar-refractivity contribution in [2.45, 2.75) is 32.6 Å². The summed E-state index contributed by atoms with van der Waals surface area (Å²) >= 11 is 1.80. The maximum Gasteiger partial charge on any atom is 0.190 e. The van der Waals surface area contributed by atoms with Crippen molar-refractivity contribution in [1.82, 2.24) is 10.6 Å². The first-order valence-electron chi connectivity index (χ1n) is 7.41. The number of hydrogen-bond donors (Lipinski definition) is 2. The first kappa shape index (κ1) is 20.7. The summed E-state index contributed by atoms with van der Waals surface area (Å²) in [5, 5.41) is 8.74. The number of nitrogens with zero attached hydrogens (tertiary/aromatic N) is 1. The van der Waals surface area contributed by atoms with Gasteiger partial charge in [-0.1, -0.05) is 19.4 Å². The Labute approximate surface area is 149 Å². The van der Waals surface area contributed by atoms with E-state index in [1.807, 2.05) is 0 Å². The minimum absolute atomic E-state index is 0. The Balaban J connectivity index is 0.00000400. The Morgan fingerprint density at radius 2 is 2.00 bits per heavy atom. The number of unbranched alkanes of at least 4 members (excludes halogenated alkanes) is 1. The van der Waals surface area contributed by atoms with E-state index in [9.17, 15) is 0 Å². The van der Waals surface area contributed by atoms with Gasteiger partial charge in [0.25, 0.3) is 0 Å². The molecule has 0 saturated heterocycles. The van der Waals surface area contributed by atoms with Gasteiger partial charge in [0.2, 0.25) is 0 Å². The first-order chi connectivity index (χ1) is 9.86. The van der Waals surface area contributed by atoms with Crippen LogP contribution >= 0.6 is 35.3 Å². The highest BCUT2D eigenvalue weighted by Crippen LogP contribution is 2.07. The average Bonchev–Trinajstić information content (AvgIpc) is 2.97. The highest BCUT2D eigenvalue weighted by Gasteiger charge is 1.98. The molecule has 1 aromatic heterocycles. The zero-order valence-electron chi connectivity index (χ0n) is 13.1. The molecule has 0 radical (unpaired) electrons. The molecule has 0 aliphatic carbocycles. The smallest absolute Gasteiger partial charge is 0.190 e. The number of aliphatic imine (C=N–C) groups is 1. The number of nitrogens with one attached hydrogen (secondary N) is 2. The molecular formula is C15H28IN3OS. The third-order valence-corrected chi connectivity index (χ3v) is 3.80. The molecule has 0 fully saturated rings. The lowest BCUT2D eigenvalue weighted by molar-refractivity contribution is 0.129. The number of halogens is 1. The number of ether oxygens (including phenoxy) is 1. The molecule has 0 saturated carbocycles. The second-order valence-electron chi connectivity index (χ2n) is 4.57. The standard InChI is InChI=1S/C15H27N3OS.HI/c1-3-4-11-19-12-6-9-17-15(16-2)18-10-8-14-7-5-13-20-14;/h5,7,13H,3-4,6,8-12H2,1-2H3,(H2,16,17,18);1H. The second-order valence-corrected chi connectivity index (χ2v) is 5.61. The van der Waals surface area contributed by atoms with Gasteiger partial charge in [0.15, 0.2) is 5.96 Å². The van der Waals surface area contributed by atoms with Crippen LogP contribution in [0.1, 0.15) is 31.1 Å². The molecule has 6 heteroatoms. The monoisotopic (exact) mass is 425 g/mol. The van der Waals surface area contributed by atoms with Gasteiger partial charge in [-0.2, -0.15) is 0 Å². The van der Waals surface area contributed by atoms with E-state index in [4.69, 9.17) is 4.74 Å². The second kappa shape index (κ2) is 14.6. The highest BCUT2D eigenvalue weighted by atomic mass is 127. The fourth-order valence-electron chi connectivity index (χ4n) is 1.71. The van der Waals surface area contributed by atoms with Gasteiger partial charge in [-0.3, -0.25) is 4.99 Å². The van der Waals surface area contributed by atoms with Crippen molar-refractivity contribution in [3.63, 3.8) is 0 Å². The molecule has 1 aromatic rings. The molecule has 0 amide bonds. The van der Waals surface area contributed by atoms with Crippen LogP contribution in [0.25, 0.3) is 0 Å². The van der Waals surface area contributed by atoms with Crippen LogP contribution in [-0.2, 0) is 11.2 Å². The van der Waals surface area contributed by atoms with E-state index in [0.717, 1.165) is 51.5 Å². The van der Waals surface area contributed by atoms with E-state index in [-0.39, 0.29) is 24.0 Å². The fourth-order valence-corrected chi connectivity index (χ4v) is 2.42. The summed E-state index contributed by atoms with van der Waals surface area (Å²) in [6.07, 6.45) is 4.40. The number of thiophene rings is 1. The Morgan fingerprint density at radius 1 is 1.24 bits per heavy atom. The molecule has 0 aliphatic rings. The molecule has 0 atom stereocenters. The van der Waals surface area contributed by atoms with Crippen molar-refractivity contribution in [2.75, 3.05) is 33.4 Å². The summed E-state index contributed by atoms with van der Waals surface area (Å²) in [6.45, 7) is 5.68. The van der Waals surface area contributed by atoms with E-state index in [1.54, 1.807) is 18.4 Å². The predicted molar refractivity (Wildman–Crippen MR) is 103 cm³/mol. The van der Waals surface area contributed by atoms with Gasteiger partial charge >= 0.3 is 0 Å². The van der Waals surface area contributed by atoms with Crippen LogP contribution in [0.15, 0.2) is 22.5 Å². The van der Waals surface area contributed by atoms with Crippen LogP contribution in [0, 0.1) is 0 Å².